The molecule has 0 spiro atoms. The van der Waals surface area contributed by atoms with Crippen LogP contribution in [0.2, 0.25) is 0 Å². The SMILES string of the molecule is C=CCOC(=O)c1ccc(OC(=O)c2ccc(OCC(O)CO)c(C34CC5CC(CC(C5)C3)C4)c2)cc1. The molecule has 7 nitrogen and oxygen atoms in total. The summed E-state index contributed by atoms with van der Waals surface area (Å²) in [6.07, 6.45) is 7.65. The quantitative estimate of drug-likeness (QED) is 0.279. The fourth-order valence-corrected chi connectivity index (χ4v) is 6.92. The molecule has 1 unspecified atom stereocenters. The molecule has 196 valence electrons. The Morgan fingerprint density at radius 2 is 1.59 bits per heavy atom. The summed E-state index contributed by atoms with van der Waals surface area (Å²) in [5.41, 5.74) is 1.75. The van der Waals surface area contributed by atoms with Gasteiger partial charge in [0, 0.05) is 5.56 Å². The number of esters is 2. The first-order valence-electron chi connectivity index (χ1n) is 13.1. The Bertz CT molecular complexity index is 1120. The van der Waals surface area contributed by atoms with E-state index in [2.05, 4.69) is 6.58 Å². The average molecular weight is 507 g/mol. The maximum absolute atomic E-state index is 13.1. The highest BCUT2D eigenvalue weighted by Gasteiger charge is 2.52. The number of hydrogen-bond acceptors (Lipinski definition) is 7. The summed E-state index contributed by atoms with van der Waals surface area (Å²) < 4.78 is 16.6. The van der Waals surface area contributed by atoms with E-state index in [4.69, 9.17) is 14.2 Å². The van der Waals surface area contributed by atoms with Crippen LogP contribution < -0.4 is 9.47 Å². The minimum atomic E-state index is -0.967. The van der Waals surface area contributed by atoms with Crippen LogP contribution in [-0.2, 0) is 10.2 Å². The van der Waals surface area contributed by atoms with E-state index in [1.807, 2.05) is 6.07 Å². The lowest BCUT2D eigenvalue weighted by atomic mass is 9.48. The first-order chi connectivity index (χ1) is 17.9. The van der Waals surface area contributed by atoms with E-state index in [1.54, 1.807) is 36.4 Å². The monoisotopic (exact) mass is 506 g/mol. The zero-order valence-corrected chi connectivity index (χ0v) is 20.9. The van der Waals surface area contributed by atoms with Gasteiger partial charge in [-0.25, -0.2) is 9.59 Å². The molecule has 4 fully saturated rings. The minimum Gasteiger partial charge on any atom is -0.490 e. The fraction of sp³-hybridized carbons (Fsp3) is 0.467. The number of aliphatic hydroxyl groups excluding tert-OH is 2. The molecule has 0 radical (unpaired) electrons. The van der Waals surface area contributed by atoms with Crippen molar-refractivity contribution in [2.75, 3.05) is 19.8 Å². The Hall–Kier alpha value is -3.16. The lowest BCUT2D eigenvalue weighted by Gasteiger charge is -2.57. The molecule has 2 aromatic carbocycles. The van der Waals surface area contributed by atoms with Crippen molar-refractivity contribution in [3.05, 3.63) is 71.8 Å². The number of rotatable bonds is 10. The van der Waals surface area contributed by atoms with Gasteiger partial charge in [-0.3, -0.25) is 0 Å². The Labute approximate surface area is 217 Å². The van der Waals surface area contributed by atoms with Gasteiger partial charge in [0.2, 0.25) is 0 Å². The van der Waals surface area contributed by atoms with E-state index in [-0.39, 0.29) is 25.2 Å². The normalized spacial score (nSPS) is 26.4. The second-order valence-electron chi connectivity index (χ2n) is 10.9. The molecule has 1 atom stereocenters. The largest absolute Gasteiger partial charge is 0.490 e. The van der Waals surface area contributed by atoms with E-state index < -0.39 is 18.0 Å². The summed E-state index contributed by atoms with van der Waals surface area (Å²) in [4.78, 5) is 25.1. The molecule has 6 rings (SSSR count). The van der Waals surface area contributed by atoms with Gasteiger partial charge < -0.3 is 24.4 Å². The zero-order valence-electron chi connectivity index (χ0n) is 20.9. The van der Waals surface area contributed by atoms with Gasteiger partial charge in [0.25, 0.3) is 0 Å². The zero-order chi connectivity index (χ0) is 26.0. The highest BCUT2D eigenvalue weighted by atomic mass is 16.5. The predicted molar refractivity (Wildman–Crippen MR) is 137 cm³/mol. The van der Waals surface area contributed by atoms with Crippen molar-refractivity contribution in [1.82, 2.24) is 0 Å². The molecular formula is C30H34O7. The van der Waals surface area contributed by atoms with Crippen LogP contribution in [0.15, 0.2) is 55.1 Å². The molecule has 0 aromatic heterocycles. The van der Waals surface area contributed by atoms with Gasteiger partial charge in [0.15, 0.2) is 0 Å². The second-order valence-corrected chi connectivity index (χ2v) is 10.9. The summed E-state index contributed by atoms with van der Waals surface area (Å²) in [7, 11) is 0. The van der Waals surface area contributed by atoms with Crippen molar-refractivity contribution in [2.45, 2.75) is 50.0 Å². The standard InChI is InChI=1S/C30H34O7/c1-2-9-35-28(33)22-3-6-25(7-4-22)37-29(34)23-5-8-27(36-18-24(32)17-31)26(13-23)30-14-19-10-20(15-30)12-21(11-19)16-30/h2-8,13,19-21,24,31-32H,1,9-12,14-18H2. The van der Waals surface area contributed by atoms with Crippen LogP contribution in [-0.4, -0.2) is 48.1 Å². The molecule has 0 aliphatic heterocycles. The van der Waals surface area contributed by atoms with E-state index in [1.165, 1.54) is 25.3 Å². The van der Waals surface area contributed by atoms with Crippen LogP contribution in [0.1, 0.15) is 64.8 Å². The maximum atomic E-state index is 13.1. The van der Waals surface area contributed by atoms with Crippen molar-refractivity contribution in [3.63, 3.8) is 0 Å². The lowest BCUT2D eigenvalue weighted by molar-refractivity contribution is -0.00740. The predicted octanol–water partition coefficient (Wildman–Crippen LogP) is 4.45. The average Bonchev–Trinajstić information content (AvgIpc) is 2.89. The fourth-order valence-electron chi connectivity index (χ4n) is 6.92. The molecule has 0 amide bonds. The first-order valence-corrected chi connectivity index (χ1v) is 13.1. The summed E-state index contributed by atoms with van der Waals surface area (Å²) in [6, 6.07) is 11.6. The lowest BCUT2D eigenvalue weighted by Crippen LogP contribution is -2.48. The molecule has 0 heterocycles. The first kappa shape index (κ1) is 25.5. The second kappa shape index (κ2) is 10.7. The molecule has 7 heteroatoms. The minimum absolute atomic E-state index is 0.0127. The number of carbonyl (C=O) groups excluding carboxylic acids is 2. The molecule has 0 saturated heterocycles. The summed E-state index contributed by atoms with van der Waals surface area (Å²) >= 11 is 0. The van der Waals surface area contributed by atoms with Gasteiger partial charge in [-0.2, -0.15) is 0 Å². The number of aliphatic hydroxyl groups is 2. The number of ether oxygens (including phenoxy) is 3. The molecule has 37 heavy (non-hydrogen) atoms. The Balaban J connectivity index is 1.38. The van der Waals surface area contributed by atoms with Crippen LogP contribution >= 0.6 is 0 Å². The number of benzene rings is 2. The van der Waals surface area contributed by atoms with E-state index in [0.717, 1.165) is 24.8 Å². The molecule has 2 N–H and O–H groups in total. The van der Waals surface area contributed by atoms with Crippen molar-refractivity contribution in [2.24, 2.45) is 17.8 Å². The smallest absolute Gasteiger partial charge is 0.343 e. The topological polar surface area (TPSA) is 102 Å². The molecule has 4 saturated carbocycles. The van der Waals surface area contributed by atoms with Crippen LogP contribution in [0.5, 0.6) is 11.5 Å². The van der Waals surface area contributed by atoms with Crippen LogP contribution in [0.25, 0.3) is 0 Å². The highest BCUT2D eigenvalue weighted by Crippen LogP contribution is 2.62. The Morgan fingerprint density at radius 3 is 2.19 bits per heavy atom. The maximum Gasteiger partial charge on any atom is 0.343 e. The van der Waals surface area contributed by atoms with Gasteiger partial charge in [-0.15, -0.1) is 0 Å². The van der Waals surface area contributed by atoms with Crippen LogP contribution in [0.4, 0.5) is 0 Å². The van der Waals surface area contributed by atoms with Crippen molar-refractivity contribution < 1.29 is 34.0 Å². The molecular weight excluding hydrogens is 472 g/mol. The number of carbonyl (C=O) groups is 2. The van der Waals surface area contributed by atoms with E-state index in [9.17, 15) is 19.8 Å². The van der Waals surface area contributed by atoms with Gasteiger partial charge in [0.1, 0.15) is 30.8 Å². The Morgan fingerprint density at radius 1 is 0.973 bits per heavy atom. The van der Waals surface area contributed by atoms with E-state index in [0.29, 0.717) is 40.4 Å². The van der Waals surface area contributed by atoms with Crippen LogP contribution in [0.3, 0.4) is 0 Å². The molecule has 4 aliphatic carbocycles. The van der Waals surface area contributed by atoms with Crippen molar-refractivity contribution >= 4 is 11.9 Å². The summed E-state index contributed by atoms with van der Waals surface area (Å²) in [5, 5.41) is 19.1. The van der Waals surface area contributed by atoms with Crippen molar-refractivity contribution in [1.29, 1.82) is 0 Å². The number of hydrogen-bond donors (Lipinski definition) is 2. The molecule has 4 aliphatic rings. The summed E-state index contributed by atoms with van der Waals surface area (Å²) in [6.45, 7) is 3.26. The third-order valence-corrected chi connectivity index (χ3v) is 8.10. The third kappa shape index (κ3) is 5.43. The highest BCUT2D eigenvalue weighted by molar-refractivity contribution is 5.92. The van der Waals surface area contributed by atoms with Gasteiger partial charge in [0.05, 0.1) is 17.7 Å². The third-order valence-electron chi connectivity index (χ3n) is 8.10. The van der Waals surface area contributed by atoms with Gasteiger partial charge in [-0.05, 0) is 104 Å². The van der Waals surface area contributed by atoms with Crippen molar-refractivity contribution in [3.8, 4) is 11.5 Å². The summed E-state index contributed by atoms with van der Waals surface area (Å²) in [5.74, 6) is 2.13. The Kier molecular flexibility index (Phi) is 7.36. The van der Waals surface area contributed by atoms with Crippen LogP contribution in [0, 0.1) is 17.8 Å². The van der Waals surface area contributed by atoms with Gasteiger partial charge >= 0.3 is 11.9 Å². The van der Waals surface area contributed by atoms with E-state index >= 15 is 0 Å². The molecule has 2 aromatic rings. The van der Waals surface area contributed by atoms with Gasteiger partial charge in [-0.1, -0.05) is 12.7 Å². The molecule has 4 bridgehead atoms.